The monoisotopic (exact) mass is 349 g/mol. The molecule has 2 heterocycles. The maximum Gasteiger partial charge on any atom is 0.222 e. The van der Waals surface area contributed by atoms with Crippen molar-refractivity contribution in [1.82, 2.24) is 9.88 Å². The summed E-state index contributed by atoms with van der Waals surface area (Å²) in [5, 5.41) is 8.96. The van der Waals surface area contributed by atoms with Crippen LogP contribution in [0.1, 0.15) is 36.8 Å². The van der Waals surface area contributed by atoms with Gasteiger partial charge in [-0.15, -0.1) is 0 Å². The van der Waals surface area contributed by atoms with Crippen LogP contribution >= 0.6 is 0 Å². The Labute approximate surface area is 154 Å². The third-order valence-corrected chi connectivity index (χ3v) is 4.58. The smallest absolute Gasteiger partial charge is 0.222 e. The molecule has 1 fully saturated rings. The number of hydrogen-bond donors (Lipinski definition) is 0. The fourth-order valence-corrected chi connectivity index (χ4v) is 3.22. The SMILES string of the molecule is N#Cc1ccnc(OC2CCCN(C(=O)CCCc3ccccc3)C2)c1. The van der Waals surface area contributed by atoms with Crippen molar-refractivity contribution in [3.8, 4) is 11.9 Å². The highest BCUT2D eigenvalue weighted by Crippen LogP contribution is 2.18. The van der Waals surface area contributed by atoms with Crippen molar-refractivity contribution in [1.29, 1.82) is 5.26 Å². The van der Waals surface area contributed by atoms with E-state index in [2.05, 4.69) is 23.2 Å². The van der Waals surface area contributed by atoms with E-state index in [1.807, 2.05) is 23.1 Å². The number of benzene rings is 1. The van der Waals surface area contributed by atoms with Gasteiger partial charge < -0.3 is 9.64 Å². The summed E-state index contributed by atoms with van der Waals surface area (Å²) < 4.78 is 5.90. The third kappa shape index (κ3) is 5.06. The molecular weight excluding hydrogens is 326 g/mol. The molecule has 3 rings (SSSR count). The Morgan fingerprint density at radius 1 is 1.31 bits per heavy atom. The standard InChI is InChI=1S/C21H23N3O2/c22-15-18-11-12-23-20(14-18)26-19-9-5-13-24(16-19)21(25)10-4-8-17-6-2-1-3-7-17/h1-3,6-7,11-12,14,19H,4-5,8-10,13,16H2. The zero-order chi connectivity index (χ0) is 18.2. The van der Waals surface area contributed by atoms with Gasteiger partial charge in [-0.05, 0) is 37.3 Å². The fraction of sp³-hybridized carbons (Fsp3) is 0.381. The highest BCUT2D eigenvalue weighted by Gasteiger charge is 2.24. The Kier molecular flexibility index (Phi) is 6.21. The van der Waals surface area contributed by atoms with Crippen molar-refractivity contribution in [2.45, 2.75) is 38.2 Å². The van der Waals surface area contributed by atoms with Crippen LogP contribution in [0.4, 0.5) is 0 Å². The number of rotatable bonds is 6. The first-order valence-corrected chi connectivity index (χ1v) is 9.09. The Morgan fingerprint density at radius 2 is 2.15 bits per heavy atom. The lowest BCUT2D eigenvalue weighted by Crippen LogP contribution is -2.44. The van der Waals surface area contributed by atoms with Gasteiger partial charge >= 0.3 is 0 Å². The fourth-order valence-electron chi connectivity index (χ4n) is 3.22. The summed E-state index contributed by atoms with van der Waals surface area (Å²) in [6.07, 6.45) is 5.66. The molecule has 5 heteroatoms. The Morgan fingerprint density at radius 3 is 2.96 bits per heavy atom. The highest BCUT2D eigenvalue weighted by atomic mass is 16.5. The quantitative estimate of drug-likeness (QED) is 0.802. The van der Waals surface area contributed by atoms with Gasteiger partial charge in [0.15, 0.2) is 0 Å². The molecule has 26 heavy (non-hydrogen) atoms. The molecule has 0 saturated carbocycles. The van der Waals surface area contributed by atoms with Gasteiger partial charge in [0.25, 0.3) is 0 Å². The zero-order valence-corrected chi connectivity index (χ0v) is 14.8. The summed E-state index contributed by atoms with van der Waals surface area (Å²) in [7, 11) is 0. The first-order valence-electron chi connectivity index (χ1n) is 9.09. The number of carbonyl (C=O) groups is 1. The van der Waals surface area contributed by atoms with Crippen LogP contribution in [-0.2, 0) is 11.2 Å². The maximum absolute atomic E-state index is 12.5. The molecule has 0 N–H and O–H groups in total. The predicted molar refractivity (Wildman–Crippen MR) is 98.6 cm³/mol. The van der Waals surface area contributed by atoms with Crippen molar-refractivity contribution in [2.24, 2.45) is 0 Å². The number of hydrogen-bond acceptors (Lipinski definition) is 4. The van der Waals surface area contributed by atoms with E-state index in [1.54, 1.807) is 18.3 Å². The first kappa shape index (κ1) is 17.9. The minimum absolute atomic E-state index is 0.0664. The molecule has 1 aromatic carbocycles. The molecule has 0 aliphatic carbocycles. The van der Waals surface area contributed by atoms with E-state index >= 15 is 0 Å². The lowest BCUT2D eigenvalue weighted by atomic mass is 10.1. The number of aryl methyl sites for hydroxylation is 1. The minimum atomic E-state index is -0.0664. The number of pyridine rings is 1. The topological polar surface area (TPSA) is 66.2 Å². The summed E-state index contributed by atoms with van der Waals surface area (Å²) >= 11 is 0. The molecule has 0 bridgehead atoms. The number of amides is 1. The predicted octanol–water partition coefficient (Wildman–Crippen LogP) is 3.35. The minimum Gasteiger partial charge on any atom is -0.472 e. The number of ether oxygens (including phenoxy) is 1. The summed E-state index contributed by atoms with van der Waals surface area (Å²) in [6, 6.07) is 15.6. The van der Waals surface area contributed by atoms with Crippen LogP contribution in [0.3, 0.4) is 0 Å². The normalized spacial score (nSPS) is 16.7. The highest BCUT2D eigenvalue weighted by molar-refractivity contribution is 5.76. The van der Waals surface area contributed by atoms with Crippen molar-refractivity contribution in [3.63, 3.8) is 0 Å². The molecule has 0 spiro atoms. The van der Waals surface area contributed by atoms with Crippen LogP contribution in [0, 0.1) is 11.3 Å². The van der Waals surface area contributed by atoms with Gasteiger partial charge in [0, 0.05) is 25.2 Å². The number of piperidine rings is 1. The largest absolute Gasteiger partial charge is 0.472 e. The molecule has 1 aromatic heterocycles. The molecule has 1 atom stereocenters. The molecule has 2 aromatic rings. The second-order valence-corrected chi connectivity index (χ2v) is 6.56. The van der Waals surface area contributed by atoms with Gasteiger partial charge in [-0.3, -0.25) is 4.79 Å². The molecule has 1 saturated heterocycles. The lowest BCUT2D eigenvalue weighted by Gasteiger charge is -2.32. The number of carbonyl (C=O) groups excluding carboxylic acids is 1. The van der Waals surface area contributed by atoms with Gasteiger partial charge in [0.2, 0.25) is 11.8 Å². The van der Waals surface area contributed by atoms with E-state index < -0.39 is 0 Å². The average molecular weight is 349 g/mol. The molecule has 134 valence electrons. The van der Waals surface area contributed by atoms with Crippen LogP contribution < -0.4 is 4.74 Å². The molecule has 0 radical (unpaired) electrons. The van der Waals surface area contributed by atoms with Crippen molar-refractivity contribution in [2.75, 3.05) is 13.1 Å². The first-order chi connectivity index (χ1) is 12.7. The summed E-state index contributed by atoms with van der Waals surface area (Å²) in [4.78, 5) is 18.6. The Balaban J connectivity index is 1.48. The van der Waals surface area contributed by atoms with Gasteiger partial charge in [-0.25, -0.2) is 4.98 Å². The Hall–Kier alpha value is -2.87. The van der Waals surface area contributed by atoms with E-state index in [0.29, 0.717) is 24.4 Å². The van der Waals surface area contributed by atoms with E-state index in [4.69, 9.17) is 10.00 Å². The molecule has 5 nitrogen and oxygen atoms in total. The maximum atomic E-state index is 12.5. The zero-order valence-electron chi connectivity index (χ0n) is 14.8. The number of nitriles is 1. The van der Waals surface area contributed by atoms with Gasteiger partial charge in [-0.2, -0.15) is 5.26 Å². The lowest BCUT2D eigenvalue weighted by molar-refractivity contribution is -0.133. The average Bonchev–Trinajstić information content (AvgIpc) is 2.69. The van der Waals surface area contributed by atoms with E-state index in [1.165, 1.54) is 5.56 Å². The number of nitrogens with zero attached hydrogens (tertiary/aromatic N) is 3. The summed E-state index contributed by atoms with van der Waals surface area (Å²) in [5.41, 5.74) is 1.79. The summed E-state index contributed by atoms with van der Waals surface area (Å²) in [6.45, 7) is 1.37. The van der Waals surface area contributed by atoms with Crippen LogP contribution in [0.25, 0.3) is 0 Å². The second-order valence-electron chi connectivity index (χ2n) is 6.56. The van der Waals surface area contributed by atoms with Crippen LogP contribution in [0.5, 0.6) is 5.88 Å². The Bertz CT molecular complexity index is 770. The number of likely N-dealkylation sites (tertiary alicyclic amines) is 1. The molecule has 1 amide bonds. The number of aromatic nitrogens is 1. The van der Waals surface area contributed by atoms with Crippen molar-refractivity contribution in [3.05, 3.63) is 59.8 Å². The van der Waals surface area contributed by atoms with Crippen LogP contribution in [0.15, 0.2) is 48.7 Å². The van der Waals surface area contributed by atoms with E-state index in [-0.39, 0.29) is 12.0 Å². The molecule has 1 aliphatic heterocycles. The van der Waals surface area contributed by atoms with Crippen molar-refractivity contribution >= 4 is 5.91 Å². The summed E-state index contributed by atoms with van der Waals surface area (Å²) in [5.74, 6) is 0.639. The van der Waals surface area contributed by atoms with Crippen molar-refractivity contribution < 1.29 is 9.53 Å². The second kappa shape index (κ2) is 9.00. The molecule has 1 unspecified atom stereocenters. The van der Waals surface area contributed by atoms with E-state index in [9.17, 15) is 4.79 Å². The van der Waals surface area contributed by atoms with Gasteiger partial charge in [-0.1, -0.05) is 30.3 Å². The van der Waals surface area contributed by atoms with E-state index in [0.717, 1.165) is 32.2 Å². The van der Waals surface area contributed by atoms with Crippen LogP contribution in [-0.4, -0.2) is 35.0 Å². The van der Waals surface area contributed by atoms with Crippen LogP contribution in [0.2, 0.25) is 0 Å². The third-order valence-electron chi connectivity index (χ3n) is 4.58. The molecule has 1 aliphatic rings. The van der Waals surface area contributed by atoms with Gasteiger partial charge in [0.05, 0.1) is 18.2 Å². The van der Waals surface area contributed by atoms with Gasteiger partial charge in [0.1, 0.15) is 6.10 Å². The molecular formula is C21H23N3O2.